The van der Waals surface area contributed by atoms with Crippen LogP contribution in [-0.2, 0) is 4.57 Å². The van der Waals surface area contributed by atoms with Crippen LogP contribution in [0.2, 0.25) is 0 Å². The van der Waals surface area contributed by atoms with Gasteiger partial charge in [-0.3, -0.25) is 5.41 Å². The Kier molecular flexibility index (Phi) is 12.8. The molecule has 0 aliphatic heterocycles. The minimum atomic E-state index is -4.64. The summed E-state index contributed by atoms with van der Waals surface area (Å²) in [6.45, 7) is 1.80. The first-order chi connectivity index (χ1) is 15.6. The highest BCUT2D eigenvalue weighted by molar-refractivity contribution is 7.45. The van der Waals surface area contributed by atoms with Crippen LogP contribution in [0.5, 0.6) is 0 Å². The molecule has 0 bridgehead atoms. The summed E-state index contributed by atoms with van der Waals surface area (Å²) in [4.78, 5) is 25.3. The molecule has 0 fully saturated rings. The van der Waals surface area contributed by atoms with Gasteiger partial charge in [0.15, 0.2) is 0 Å². The molecule has 33 heavy (non-hydrogen) atoms. The molecule has 0 saturated heterocycles. The molecule has 11 nitrogen and oxygen atoms in total. The Morgan fingerprint density at radius 1 is 0.636 bits per heavy atom. The van der Waals surface area contributed by atoms with Crippen LogP contribution in [0, 0.1) is 5.41 Å². The van der Waals surface area contributed by atoms with E-state index >= 15 is 0 Å². The number of hydrogen-bond donors (Lipinski definition) is 8. The van der Waals surface area contributed by atoms with Gasteiger partial charge in [0.05, 0.1) is 32.1 Å². The molecule has 0 atom stereocenters. The van der Waals surface area contributed by atoms with Crippen molar-refractivity contribution in [3.05, 3.63) is 59.7 Å². The van der Waals surface area contributed by atoms with Gasteiger partial charge in [-0.2, -0.15) is 0 Å². The van der Waals surface area contributed by atoms with Gasteiger partial charge < -0.3 is 44.9 Å². The maximum atomic E-state index is 9.16. The summed E-state index contributed by atoms with van der Waals surface area (Å²) in [6, 6.07) is 15.0. The van der Waals surface area contributed by atoms with Crippen LogP contribution < -0.4 is 9.80 Å². The number of nitrogens with one attached hydrogen (secondary N) is 1. The summed E-state index contributed by atoms with van der Waals surface area (Å²) in [5.41, 5.74) is 3.71. The fourth-order valence-corrected chi connectivity index (χ4v) is 3.07. The molecule has 0 amide bonds. The Labute approximate surface area is 192 Å². The maximum absolute atomic E-state index is 9.16. The molecule has 2 rings (SSSR count). The summed E-state index contributed by atoms with van der Waals surface area (Å²) in [5.74, 6) is 0. The third-order valence-corrected chi connectivity index (χ3v) is 4.52. The van der Waals surface area contributed by atoms with Crippen LogP contribution in [0.1, 0.15) is 11.1 Å². The SMILES string of the molecule is N=C(c1ccc(N(CCO)CCO)cc1)c1ccc(N(CCO)CCO)cc1.O=P(O)(O)O. The normalized spacial score (nSPS) is 10.9. The van der Waals surface area contributed by atoms with Gasteiger partial charge in [-0.05, 0) is 24.3 Å². The predicted molar refractivity (Wildman–Crippen MR) is 126 cm³/mol. The summed E-state index contributed by atoms with van der Waals surface area (Å²) >= 11 is 0. The van der Waals surface area contributed by atoms with Crippen LogP contribution in [0.3, 0.4) is 0 Å². The van der Waals surface area contributed by atoms with E-state index in [-0.39, 0.29) is 26.4 Å². The molecular weight excluding hydrogens is 453 g/mol. The number of rotatable bonds is 12. The molecule has 0 spiro atoms. The molecule has 8 N–H and O–H groups in total. The Bertz CT molecular complexity index is 792. The van der Waals surface area contributed by atoms with Crippen molar-refractivity contribution < 1.29 is 39.7 Å². The van der Waals surface area contributed by atoms with E-state index in [9.17, 15) is 0 Å². The fourth-order valence-electron chi connectivity index (χ4n) is 3.07. The topological polar surface area (TPSA) is 189 Å². The molecule has 184 valence electrons. The van der Waals surface area contributed by atoms with Gasteiger partial charge in [-0.1, -0.05) is 24.3 Å². The average molecular weight is 485 g/mol. The third-order valence-electron chi connectivity index (χ3n) is 4.52. The Balaban J connectivity index is 0.000000981. The van der Waals surface area contributed by atoms with Crippen molar-refractivity contribution >= 4 is 24.9 Å². The van der Waals surface area contributed by atoms with E-state index in [1.54, 1.807) is 0 Å². The quantitative estimate of drug-likeness (QED) is 0.147. The number of aliphatic hydroxyl groups is 4. The smallest absolute Gasteiger partial charge is 0.395 e. The van der Waals surface area contributed by atoms with Crippen molar-refractivity contribution in [1.82, 2.24) is 0 Å². The van der Waals surface area contributed by atoms with E-state index in [1.807, 2.05) is 58.3 Å². The van der Waals surface area contributed by atoms with Gasteiger partial charge >= 0.3 is 7.82 Å². The van der Waals surface area contributed by atoms with Crippen molar-refractivity contribution in [1.29, 1.82) is 5.41 Å². The van der Waals surface area contributed by atoms with Gasteiger partial charge in [0, 0.05) is 48.7 Å². The second-order valence-corrected chi connectivity index (χ2v) is 7.88. The molecule has 0 radical (unpaired) electrons. The van der Waals surface area contributed by atoms with Crippen molar-refractivity contribution in [2.24, 2.45) is 0 Å². The van der Waals surface area contributed by atoms with Crippen molar-refractivity contribution in [2.45, 2.75) is 0 Å². The van der Waals surface area contributed by atoms with Crippen molar-refractivity contribution in [2.75, 3.05) is 62.4 Å². The zero-order valence-corrected chi connectivity index (χ0v) is 19.1. The highest BCUT2D eigenvalue weighted by Crippen LogP contribution is 2.25. The van der Waals surface area contributed by atoms with E-state index in [2.05, 4.69) is 0 Å². The average Bonchev–Trinajstić information content (AvgIpc) is 2.77. The van der Waals surface area contributed by atoms with Gasteiger partial charge in [0.2, 0.25) is 0 Å². The van der Waals surface area contributed by atoms with Gasteiger partial charge in [0.25, 0.3) is 0 Å². The van der Waals surface area contributed by atoms with Crippen LogP contribution >= 0.6 is 7.82 Å². The summed E-state index contributed by atoms with van der Waals surface area (Å²) in [5, 5.41) is 45.1. The van der Waals surface area contributed by atoms with Crippen LogP contribution in [0.4, 0.5) is 11.4 Å². The first kappa shape index (κ1) is 28.7. The first-order valence-electron chi connectivity index (χ1n) is 10.2. The van der Waals surface area contributed by atoms with E-state index in [0.29, 0.717) is 31.9 Å². The summed E-state index contributed by atoms with van der Waals surface area (Å²) in [7, 11) is -4.64. The molecule has 2 aromatic carbocycles. The number of benzene rings is 2. The molecule has 0 aliphatic carbocycles. The summed E-state index contributed by atoms with van der Waals surface area (Å²) in [6.07, 6.45) is 0. The van der Waals surface area contributed by atoms with Crippen molar-refractivity contribution in [3.8, 4) is 0 Å². The molecule has 2 aromatic rings. The molecule has 12 heteroatoms. The minimum Gasteiger partial charge on any atom is -0.395 e. The zero-order chi connectivity index (χ0) is 24.9. The lowest BCUT2D eigenvalue weighted by Gasteiger charge is -2.23. The monoisotopic (exact) mass is 485 g/mol. The third kappa shape index (κ3) is 10.9. The molecule has 0 unspecified atom stereocenters. The highest BCUT2D eigenvalue weighted by Gasteiger charge is 2.10. The minimum absolute atomic E-state index is 0.00744. The lowest BCUT2D eigenvalue weighted by Crippen LogP contribution is -2.29. The lowest BCUT2D eigenvalue weighted by molar-refractivity contribution is 0.275. The molecule has 0 aliphatic rings. The van der Waals surface area contributed by atoms with Gasteiger partial charge in [-0.15, -0.1) is 0 Å². The van der Waals surface area contributed by atoms with E-state index < -0.39 is 7.82 Å². The summed E-state index contributed by atoms with van der Waals surface area (Å²) < 4.78 is 8.88. The van der Waals surface area contributed by atoms with Crippen LogP contribution in [0.15, 0.2) is 48.5 Å². The predicted octanol–water partition coefficient (Wildman–Crippen LogP) is -0.244. The number of hydrogen-bond acceptors (Lipinski definition) is 8. The van der Waals surface area contributed by atoms with Crippen LogP contribution in [-0.4, -0.2) is 93.4 Å². The zero-order valence-electron chi connectivity index (χ0n) is 18.2. The highest BCUT2D eigenvalue weighted by atomic mass is 31.2. The van der Waals surface area contributed by atoms with Crippen molar-refractivity contribution in [3.63, 3.8) is 0 Å². The van der Waals surface area contributed by atoms with E-state index in [1.165, 1.54) is 0 Å². The molecule has 0 aromatic heterocycles. The Hall–Kier alpha value is -2.34. The van der Waals surface area contributed by atoms with Crippen LogP contribution in [0.25, 0.3) is 0 Å². The fraction of sp³-hybridized carbons (Fsp3) is 0.381. The standard InChI is InChI=1S/C21H29N3O4.H3O4P/c22-21(17-1-5-19(6-2-17)23(9-13-25)10-14-26)18-3-7-20(8-4-18)24(11-15-27)12-16-28;1-5(2,3)4/h1-8,22,25-28H,9-16H2;(H3,1,2,3,4). The second-order valence-electron chi connectivity index (χ2n) is 6.85. The number of anilines is 2. The van der Waals surface area contributed by atoms with E-state index in [4.69, 9.17) is 45.1 Å². The lowest BCUT2D eigenvalue weighted by atomic mass is 10.0. The number of phosphoric acid groups is 1. The Morgan fingerprint density at radius 2 is 0.879 bits per heavy atom. The largest absolute Gasteiger partial charge is 0.466 e. The van der Waals surface area contributed by atoms with E-state index in [0.717, 1.165) is 22.5 Å². The van der Waals surface area contributed by atoms with Gasteiger partial charge in [0.1, 0.15) is 0 Å². The maximum Gasteiger partial charge on any atom is 0.466 e. The molecule has 0 heterocycles. The first-order valence-corrected chi connectivity index (χ1v) is 11.7. The molecule has 0 saturated carbocycles. The molecular formula is C21H32N3O8P. The second kappa shape index (κ2) is 14.7. The Morgan fingerprint density at radius 3 is 1.09 bits per heavy atom. The number of nitrogens with zero attached hydrogens (tertiary/aromatic N) is 2. The number of aliphatic hydroxyl groups excluding tert-OH is 4. The van der Waals surface area contributed by atoms with Gasteiger partial charge in [-0.25, -0.2) is 4.57 Å².